The van der Waals surface area contributed by atoms with Gasteiger partial charge in [0.1, 0.15) is 18.0 Å². The molecule has 7 heteroatoms. The van der Waals surface area contributed by atoms with Gasteiger partial charge in [-0.15, -0.1) is 10.2 Å². The molecule has 1 N–H and O–H groups in total. The summed E-state index contributed by atoms with van der Waals surface area (Å²) in [5, 5.41) is 10.5. The Bertz CT molecular complexity index is 895. The van der Waals surface area contributed by atoms with Gasteiger partial charge in [0.05, 0.1) is 6.61 Å². The van der Waals surface area contributed by atoms with E-state index in [9.17, 15) is 9.18 Å². The van der Waals surface area contributed by atoms with Crippen molar-refractivity contribution in [1.29, 1.82) is 0 Å². The first-order valence-electron chi connectivity index (χ1n) is 8.21. The summed E-state index contributed by atoms with van der Waals surface area (Å²) in [7, 11) is 0. The lowest BCUT2D eigenvalue weighted by Gasteiger charge is -2.10. The van der Waals surface area contributed by atoms with E-state index in [0.717, 1.165) is 11.3 Å². The standard InChI is InChI=1S/C19H18FN3O3/c1-2-25-16-9-4-3-6-14(16)12-21-17(24)11-18-22-23-19(26-18)13-7-5-8-15(20)10-13/h3-10H,2,11-12H2,1H3,(H,21,24). The molecule has 1 heterocycles. The van der Waals surface area contributed by atoms with E-state index in [1.807, 2.05) is 31.2 Å². The molecule has 134 valence electrons. The Morgan fingerprint density at radius 3 is 2.85 bits per heavy atom. The lowest BCUT2D eigenvalue weighted by Crippen LogP contribution is -2.25. The summed E-state index contributed by atoms with van der Waals surface area (Å²) in [5.74, 6) is 0.425. The van der Waals surface area contributed by atoms with Crippen LogP contribution in [0.25, 0.3) is 11.5 Å². The predicted octanol–water partition coefficient (Wildman–Crippen LogP) is 3.13. The Hall–Kier alpha value is -3.22. The van der Waals surface area contributed by atoms with Crippen LogP contribution in [-0.2, 0) is 17.8 Å². The number of para-hydroxylation sites is 1. The molecule has 0 aliphatic rings. The van der Waals surface area contributed by atoms with Gasteiger partial charge in [-0.1, -0.05) is 24.3 Å². The monoisotopic (exact) mass is 355 g/mol. The minimum Gasteiger partial charge on any atom is -0.494 e. The maximum Gasteiger partial charge on any atom is 0.247 e. The molecule has 1 amide bonds. The van der Waals surface area contributed by atoms with Gasteiger partial charge in [-0.3, -0.25) is 4.79 Å². The second kappa shape index (κ2) is 8.24. The Balaban J connectivity index is 1.59. The van der Waals surface area contributed by atoms with Crippen molar-refractivity contribution < 1.29 is 18.3 Å². The number of carbonyl (C=O) groups is 1. The maximum atomic E-state index is 13.3. The molecule has 0 unspecified atom stereocenters. The van der Waals surface area contributed by atoms with E-state index < -0.39 is 5.82 Å². The van der Waals surface area contributed by atoms with Crippen LogP contribution in [0.15, 0.2) is 52.9 Å². The van der Waals surface area contributed by atoms with Crippen molar-refractivity contribution in [2.24, 2.45) is 0 Å². The second-order valence-corrected chi connectivity index (χ2v) is 5.51. The zero-order valence-corrected chi connectivity index (χ0v) is 14.2. The quantitative estimate of drug-likeness (QED) is 0.704. The third-order valence-corrected chi connectivity index (χ3v) is 3.60. The summed E-state index contributed by atoms with van der Waals surface area (Å²) in [4.78, 5) is 12.1. The van der Waals surface area contributed by atoms with Gasteiger partial charge in [-0.2, -0.15) is 0 Å². The summed E-state index contributed by atoms with van der Waals surface area (Å²) in [6.45, 7) is 2.79. The number of rotatable bonds is 7. The van der Waals surface area contributed by atoms with E-state index in [0.29, 0.717) is 18.7 Å². The Labute approximate surface area is 150 Å². The number of hydrogen-bond acceptors (Lipinski definition) is 5. The van der Waals surface area contributed by atoms with Crippen LogP contribution in [0.2, 0.25) is 0 Å². The number of ether oxygens (including phenoxy) is 1. The van der Waals surface area contributed by atoms with Gasteiger partial charge in [0, 0.05) is 17.7 Å². The van der Waals surface area contributed by atoms with Crippen LogP contribution in [0.3, 0.4) is 0 Å². The van der Waals surface area contributed by atoms with Crippen molar-refractivity contribution in [2.75, 3.05) is 6.61 Å². The second-order valence-electron chi connectivity index (χ2n) is 5.51. The fourth-order valence-corrected chi connectivity index (χ4v) is 2.40. The third-order valence-electron chi connectivity index (χ3n) is 3.60. The molecule has 26 heavy (non-hydrogen) atoms. The number of halogens is 1. The molecule has 0 atom stereocenters. The first kappa shape index (κ1) is 17.6. The summed E-state index contributed by atoms with van der Waals surface area (Å²) >= 11 is 0. The normalized spacial score (nSPS) is 10.5. The van der Waals surface area contributed by atoms with Gasteiger partial charge in [0.2, 0.25) is 17.7 Å². The van der Waals surface area contributed by atoms with Crippen molar-refractivity contribution in [3.63, 3.8) is 0 Å². The molecule has 0 radical (unpaired) electrons. The minimum absolute atomic E-state index is 0.0564. The van der Waals surface area contributed by atoms with E-state index in [2.05, 4.69) is 15.5 Å². The highest BCUT2D eigenvalue weighted by Crippen LogP contribution is 2.19. The Kier molecular flexibility index (Phi) is 5.58. The van der Waals surface area contributed by atoms with Crippen LogP contribution in [0.4, 0.5) is 4.39 Å². The van der Waals surface area contributed by atoms with Gasteiger partial charge in [-0.05, 0) is 31.2 Å². The minimum atomic E-state index is -0.395. The lowest BCUT2D eigenvalue weighted by atomic mass is 10.2. The fourth-order valence-electron chi connectivity index (χ4n) is 2.40. The lowest BCUT2D eigenvalue weighted by molar-refractivity contribution is -0.120. The maximum absolute atomic E-state index is 13.3. The predicted molar refractivity (Wildman–Crippen MR) is 92.9 cm³/mol. The smallest absolute Gasteiger partial charge is 0.247 e. The summed E-state index contributed by atoms with van der Waals surface area (Å²) in [5.41, 5.74) is 1.35. The number of nitrogens with one attached hydrogen (secondary N) is 1. The summed E-state index contributed by atoms with van der Waals surface area (Å²) in [6, 6.07) is 13.3. The van der Waals surface area contributed by atoms with Crippen LogP contribution in [0, 0.1) is 5.82 Å². The highest BCUT2D eigenvalue weighted by molar-refractivity contribution is 5.77. The van der Waals surface area contributed by atoms with Crippen molar-refractivity contribution in [2.45, 2.75) is 19.9 Å². The summed E-state index contributed by atoms with van der Waals surface area (Å²) < 4.78 is 24.2. The molecule has 6 nitrogen and oxygen atoms in total. The van der Waals surface area contributed by atoms with E-state index in [-0.39, 0.29) is 24.1 Å². The average Bonchev–Trinajstić information content (AvgIpc) is 3.10. The van der Waals surface area contributed by atoms with Gasteiger partial charge in [-0.25, -0.2) is 4.39 Å². The van der Waals surface area contributed by atoms with Crippen molar-refractivity contribution in [3.8, 4) is 17.2 Å². The fraction of sp³-hybridized carbons (Fsp3) is 0.211. The molecule has 0 bridgehead atoms. The average molecular weight is 355 g/mol. The number of aromatic nitrogens is 2. The Morgan fingerprint density at radius 1 is 1.19 bits per heavy atom. The molecule has 0 saturated carbocycles. The molecule has 0 fully saturated rings. The summed E-state index contributed by atoms with van der Waals surface area (Å²) in [6.07, 6.45) is -0.0564. The molecule has 3 rings (SSSR count). The first-order valence-corrected chi connectivity index (χ1v) is 8.21. The molecule has 0 aliphatic heterocycles. The largest absolute Gasteiger partial charge is 0.494 e. The molecule has 0 saturated heterocycles. The van der Waals surface area contributed by atoms with Crippen LogP contribution in [0.5, 0.6) is 5.75 Å². The molecule has 0 spiro atoms. The highest BCUT2D eigenvalue weighted by Gasteiger charge is 2.13. The molecular formula is C19H18FN3O3. The van der Waals surface area contributed by atoms with Gasteiger partial charge < -0.3 is 14.5 Å². The molecule has 0 aliphatic carbocycles. The van der Waals surface area contributed by atoms with Crippen LogP contribution >= 0.6 is 0 Å². The van der Waals surface area contributed by atoms with E-state index >= 15 is 0 Å². The number of nitrogens with zero attached hydrogens (tertiary/aromatic N) is 2. The van der Waals surface area contributed by atoms with Gasteiger partial charge >= 0.3 is 0 Å². The molecule has 2 aromatic carbocycles. The van der Waals surface area contributed by atoms with Crippen LogP contribution in [-0.4, -0.2) is 22.7 Å². The zero-order valence-electron chi connectivity index (χ0n) is 14.2. The van der Waals surface area contributed by atoms with Gasteiger partial charge in [0.25, 0.3) is 0 Å². The molecular weight excluding hydrogens is 337 g/mol. The van der Waals surface area contributed by atoms with Crippen LogP contribution < -0.4 is 10.1 Å². The van der Waals surface area contributed by atoms with E-state index in [1.54, 1.807) is 12.1 Å². The first-order chi connectivity index (χ1) is 12.7. The third kappa shape index (κ3) is 4.44. The van der Waals surface area contributed by atoms with Gasteiger partial charge in [0.15, 0.2) is 0 Å². The van der Waals surface area contributed by atoms with Crippen molar-refractivity contribution >= 4 is 5.91 Å². The number of amides is 1. The number of hydrogen-bond donors (Lipinski definition) is 1. The topological polar surface area (TPSA) is 77.2 Å². The number of carbonyl (C=O) groups excluding carboxylic acids is 1. The SMILES string of the molecule is CCOc1ccccc1CNC(=O)Cc1nnc(-c2cccc(F)c2)o1. The van der Waals surface area contributed by atoms with E-state index in [1.165, 1.54) is 12.1 Å². The highest BCUT2D eigenvalue weighted by atomic mass is 19.1. The van der Waals surface area contributed by atoms with Crippen LogP contribution in [0.1, 0.15) is 18.4 Å². The van der Waals surface area contributed by atoms with Crippen molar-refractivity contribution in [3.05, 3.63) is 65.8 Å². The molecule has 1 aromatic heterocycles. The van der Waals surface area contributed by atoms with E-state index in [4.69, 9.17) is 9.15 Å². The number of benzene rings is 2. The van der Waals surface area contributed by atoms with Crippen molar-refractivity contribution in [1.82, 2.24) is 15.5 Å². The Morgan fingerprint density at radius 2 is 2.04 bits per heavy atom. The zero-order chi connectivity index (χ0) is 18.4. The molecule has 3 aromatic rings.